The standard InChI is InChI=1S/C9H16O/c1-3-5-6-9(4-2)7-8-10/h2,9-10H,3,5-8H2,1H3. The molecule has 0 aliphatic rings. The molecule has 0 aromatic carbocycles. The van der Waals surface area contributed by atoms with Crippen LogP contribution < -0.4 is 0 Å². The molecule has 0 bridgehead atoms. The lowest BCUT2D eigenvalue weighted by Crippen LogP contribution is -1.99. The number of hydrogen-bond acceptors (Lipinski definition) is 1. The maximum atomic E-state index is 8.57. The molecule has 10 heavy (non-hydrogen) atoms. The predicted octanol–water partition coefficient (Wildman–Crippen LogP) is 1.81. The van der Waals surface area contributed by atoms with Crippen molar-refractivity contribution in [2.75, 3.05) is 6.61 Å². The Balaban J connectivity index is 3.33. The van der Waals surface area contributed by atoms with Gasteiger partial charge in [-0.2, -0.15) is 0 Å². The molecule has 58 valence electrons. The quantitative estimate of drug-likeness (QED) is 0.577. The van der Waals surface area contributed by atoms with Crippen LogP contribution in [0.25, 0.3) is 0 Å². The molecule has 0 fully saturated rings. The molecular formula is C9H16O. The first-order valence-corrected chi connectivity index (χ1v) is 3.92. The Morgan fingerprint density at radius 1 is 1.50 bits per heavy atom. The van der Waals surface area contributed by atoms with Crippen LogP contribution in [0.4, 0.5) is 0 Å². The number of aliphatic hydroxyl groups is 1. The topological polar surface area (TPSA) is 20.2 Å². The van der Waals surface area contributed by atoms with Gasteiger partial charge in [0.2, 0.25) is 0 Å². The van der Waals surface area contributed by atoms with Gasteiger partial charge in [-0.05, 0) is 12.8 Å². The molecule has 0 aliphatic heterocycles. The van der Waals surface area contributed by atoms with Crippen molar-refractivity contribution in [2.24, 2.45) is 5.92 Å². The van der Waals surface area contributed by atoms with Gasteiger partial charge in [-0.3, -0.25) is 0 Å². The number of unbranched alkanes of at least 4 members (excludes halogenated alkanes) is 1. The molecule has 0 spiro atoms. The molecule has 1 unspecified atom stereocenters. The van der Waals surface area contributed by atoms with Gasteiger partial charge >= 0.3 is 0 Å². The molecule has 0 amide bonds. The first-order valence-electron chi connectivity index (χ1n) is 3.92. The highest BCUT2D eigenvalue weighted by Gasteiger charge is 2.01. The molecule has 0 saturated heterocycles. The Hall–Kier alpha value is -0.480. The molecule has 0 rings (SSSR count). The van der Waals surface area contributed by atoms with E-state index in [1.54, 1.807) is 0 Å². The van der Waals surface area contributed by atoms with E-state index in [1.165, 1.54) is 12.8 Å². The Kier molecular flexibility index (Phi) is 6.32. The van der Waals surface area contributed by atoms with E-state index in [-0.39, 0.29) is 6.61 Å². The van der Waals surface area contributed by atoms with Crippen molar-refractivity contribution in [1.82, 2.24) is 0 Å². The summed E-state index contributed by atoms with van der Waals surface area (Å²) in [6, 6.07) is 0. The van der Waals surface area contributed by atoms with Gasteiger partial charge in [-0.25, -0.2) is 0 Å². The minimum Gasteiger partial charge on any atom is -0.396 e. The van der Waals surface area contributed by atoms with Crippen molar-refractivity contribution in [3.05, 3.63) is 0 Å². The van der Waals surface area contributed by atoms with Gasteiger partial charge in [0.15, 0.2) is 0 Å². The lowest BCUT2D eigenvalue weighted by Gasteiger charge is -2.06. The lowest BCUT2D eigenvalue weighted by molar-refractivity contribution is 0.268. The van der Waals surface area contributed by atoms with Crippen molar-refractivity contribution in [1.29, 1.82) is 0 Å². The summed E-state index contributed by atoms with van der Waals surface area (Å²) in [6.07, 6.45) is 9.42. The van der Waals surface area contributed by atoms with Crippen LogP contribution >= 0.6 is 0 Å². The second-order valence-electron chi connectivity index (χ2n) is 2.52. The Morgan fingerprint density at radius 3 is 2.60 bits per heavy atom. The molecule has 0 aliphatic carbocycles. The zero-order valence-corrected chi connectivity index (χ0v) is 6.64. The smallest absolute Gasteiger partial charge is 0.0442 e. The molecule has 1 nitrogen and oxygen atoms in total. The van der Waals surface area contributed by atoms with Crippen LogP contribution in [-0.2, 0) is 0 Å². The van der Waals surface area contributed by atoms with E-state index in [0.29, 0.717) is 5.92 Å². The monoisotopic (exact) mass is 140 g/mol. The first-order chi connectivity index (χ1) is 4.85. The zero-order chi connectivity index (χ0) is 7.82. The third kappa shape index (κ3) is 4.40. The van der Waals surface area contributed by atoms with E-state index in [0.717, 1.165) is 12.8 Å². The SMILES string of the molecule is C#CC(CCO)CCCC. The van der Waals surface area contributed by atoms with Gasteiger partial charge in [0.1, 0.15) is 0 Å². The lowest BCUT2D eigenvalue weighted by atomic mass is 10.0. The van der Waals surface area contributed by atoms with E-state index in [2.05, 4.69) is 12.8 Å². The van der Waals surface area contributed by atoms with Crippen molar-refractivity contribution < 1.29 is 5.11 Å². The van der Waals surface area contributed by atoms with Crippen LogP contribution in [-0.4, -0.2) is 11.7 Å². The summed E-state index contributed by atoms with van der Waals surface area (Å²) in [6.45, 7) is 2.37. The molecule has 0 radical (unpaired) electrons. The van der Waals surface area contributed by atoms with Crippen molar-refractivity contribution in [2.45, 2.75) is 32.6 Å². The molecule has 0 aromatic rings. The van der Waals surface area contributed by atoms with E-state index in [9.17, 15) is 0 Å². The maximum absolute atomic E-state index is 8.57. The summed E-state index contributed by atoms with van der Waals surface area (Å²) in [4.78, 5) is 0. The van der Waals surface area contributed by atoms with Gasteiger partial charge in [0, 0.05) is 12.5 Å². The molecular weight excluding hydrogens is 124 g/mol. The van der Waals surface area contributed by atoms with Gasteiger partial charge in [0.05, 0.1) is 0 Å². The first kappa shape index (κ1) is 9.52. The number of hydrogen-bond donors (Lipinski definition) is 1. The van der Waals surface area contributed by atoms with Gasteiger partial charge < -0.3 is 5.11 Å². The van der Waals surface area contributed by atoms with Gasteiger partial charge in [-0.15, -0.1) is 12.3 Å². The van der Waals surface area contributed by atoms with Gasteiger partial charge in [-0.1, -0.05) is 19.8 Å². The second-order valence-corrected chi connectivity index (χ2v) is 2.52. The molecule has 1 N–H and O–H groups in total. The van der Waals surface area contributed by atoms with Crippen molar-refractivity contribution in [3.63, 3.8) is 0 Å². The average Bonchev–Trinajstić information content (AvgIpc) is 1.98. The average molecular weight is 140 g/mol. The summed E-state index contributed by atoms with van der Waals surface area (Å²) in [5.41, 5.74) is 0. The Morgan fingerprint density at radius 2 is 2.20 bits per heavy atom. The van der Waals surface area contributed by atoms with E-state index in [1.807, 2.05) is 0 Å². The molecule has 1 atom stereocenters. The fourth-order valence-corrected chi connectivity index (χ4v) is 0.917. The molecule has 0 saturated carbocycles. The molecule has 0 heterocycles. The Labute approximate surface area is 63.5 Å². The minimum atomic E-state index is 0.221. The van der Waals surface area contributed by atoms with Crippen LogP contribution in [0.15, 0.2) is 0 Å². The van der Waals surface area contributed by atoms with Crippen molar-refractivity contribution >= 4 is 0 Å². The third-order valence-electron chi connectivity index (χ3n) is 1.62. The second kappa shape index (κ2) is 6.64. The summed E-state index contributed by atoms with van der Waals surface area (Å²) < 4.78 is 0. The summed E-state index contributed by atoms with van der Waals surface area (Å²) in [7, 11) is 0. The number of aliphatic hydroxyl groups excluding tert-OH is 1. The summed E-state index contributed by atoms with van der Waals surface area (Å²) >= 11 is 0. The number of rotatable bonds is 5. The van der Waals surface area contributed by atoms with Crippen LogP contribution in [0.2, 0.25) is 0 Å². The fraction of sp³-hybridized carbons (Fsp3) is 0.778. The zero-order valence-electron chi connectivity index (χ0n) is 6.64. The largest absolute Gasteiger partial charge is 0.396 e. The van der Waals surface area contributed by atoms with E-state index < -0.39 is 0 Å². The Bertz CT molecular complexity index is 102. The minimum absolute atomic E-state index is 0.221. The van der Waals surface area contributed by atoms with Crippen LogP contribution in [0.5, 0.6) is 0 Å². The number of terminal acetylenes is 1. The highest BCUT2D eigenvalue weighted by Crippen LogP contribution is 2.10. The van der Waals surface area contributed by atoms with Crippen LogP contribution in [0.1, 0.15) is 32.6 Å². The molecule has 0 aromatic heterocycles. The van der Waals surface area contributed by atoms with E-state index >= 15 is 0 Å². The van der Waals surface area contributed by atoms with Crippen LogP contribution in [0.3, 0.4) is 0 Å². The third-order valence-corrected chi connectivity index (χ3v) is 1.62. The summed E-state index contributed by atoms with van der Waals surface area (Å²) in [5.74, 6) is 2.97. The van der Waals surface area contributed by atoms with E-state index in [4.69, 9.17) is 11.5 Å². The highest BCUT2D eigenvalue weighted by atomic mass is 16.3. The predicted molar refractivity (Wildman–Crippen MR) is 43.6 cm³/mol. The fourth-order valence-electron chi connectivity index (χ4n) is 0.917. The summed E-state index contributed by atoms with van der Waals surface area (Å²) in [5, 5.41) is 8.57. The normalized spacial score (nSPS) is 12.5. The highest BCUT2D eigenvalue weighted by molar-refractivity contribution is 4.92. The van der Waals surface area contributed by atoms with Crippen LogP contribution in [0, 0.1) is 18.3 Å². The van der Waals surface area contributed by atoms with Gasteiger partial charge in [0.25, 0.3) is 0 Å². The van der Waals surface area contributed by atoms with Crippen molar-refractivity contribution in [3.8, 4) is 12.3 Å². The maximum Gasteiger partial charge on any atom is 0.0442 e. The molecule has 1 heteroatoms.